The summed E-state index contributed by atoms with van der Waals surface area (Å²) in [4.78, 5) is 12.0. The predicted molar refractivity (Wildman–Crippen MR) is 68.5 cm³/mol. The summed E-state index contributed by atoms with van der Waals surface area (Å²) in [5, 5.41) is 3.30. The molecule has 0 spiro atoms. The van der Waals surface area contributed by atoms with E-state index >= 15 is 0 Å². The van der Waals surface area contributed by atoms with Crippen LogP contribution in [0.2, 0.25) is 0 Å². The van der Waals surface area contributed by atoms with Gasteiger partial charge in [0.25, 0.3) is 0 Å². The summed E-state index contributed by atoms with van der Waals surface area (Å²) in [6.07, 6.45) is 9.97. The quantitative estimate of drug-likeness (QED) is 0.775. The lowest BCUT2D eigenvalue weighted by atomic mass is 9.95. The van der Waals surface area contributed by atoms with Crippen LogP contribution in [0.3, 0.4) is 0 Å². The first-order valence-corrected chi connectivity index (χ1v) is 6.69. The van der Waals surface area contributed by atoms with Crippen molar-refractivity contribution in [3.05, 3.63) is 11.6 Å². The highest BCUT2D eigenvalue weighted by atomic mass is 16.1. The van der Waals surface area contributed by atoms with Gasteiger partial charge in [0, 0.05) is 12.5 Å². The number of Topliss-reactive ketones (excluding diaryl/α,β-unsaturated/α-hetero) is 1. The van der Waals surface area contributed by atoms with E-state index in [1.807, 2.05) is 0 Å². The zero-order valence-electron chi connectivity index (χ0n) is 10.7. The van der Waals surface area contributed by atoms with E-state index in [4.69, 9.17) is 0 Å². The number of nitrogens with one attached hydrogen (secondary N) is 1. The number of allylic oxidation sites excluding steroid dienone is 2. The Morgan fingerprint density at radius 2 is 2.12 bits per heavy atom. The second kappa shape index (κ2) is 7.61. The molecule has 0 heterocycles. The molecule has 1 atom stereocenters. The fraction of sp³-hybridized carbons (Fsp3) is 0.786. The molecule has 0 aromatic carbocycles. The first-order chi connectivity index (χ1) is 7.74. The van der Waals surface area contributed by atoms with Crippen LogP contribution in [0, 0.1) is 0 Å². The largest absolute Gasteiger partial charge is 0.314 e. The van der Waals surface area contributed by atoms with Crippen LogP contribution in [0.1, 0.15) is 58.8 Å². The van der Waals surface area contributed by atoms with Crippen molar-refractivity contribution in [1.29, 1.82) is 0 Å². The molecule has 1 aliphatic carbocycles. The normalized spacial score (nSPS) is 19.5. The molecule has 0 saturated heterocycles. The molecule has 0 aromatic heterocycles. The third kappa shape index (κ3) is 4.93. The van der Waals surface area contributed by atoms with E-state index < -0.39 is 0 Å². The molecule has 1 aliphatic rings. The first kappa shape index (κ1) is 13.4. The van der Waals surface area contributed by atoms with Crippen molar-refractivity contribution >= 4 is 5.78 Å². The second-order valence-corrected chi connectivity index (χ2v) is 4.77. The molecule has 0 aliphatic heterocycles. The Morgan fingerprint density at radius 1 is 1.38 bits per heavy atom. The number of carbonyl (C=O) groups is 1. The van der Waals surface area contributed by atoms with Gasteiger partial charge in [-0.25, -0.2) is 0 Å². The standard InChI is InChI=1S/C14H25NO/c1-3-15-12(2)11-14(16)13-9-7-5-4-6-8-10-13/h9,12,15H,3-8,10-11H2,1-2H3. The predicted octanol–water partition coefficient (Wildman–Crippen LogP) is 3.22. The van der Waals surface area contributed by atoms with E-state index in [0.29, 0.717) is 18.2 Å². The van der Waals surface area contributed by atoms with Gasteiger partial charge in [0.1, 0.15) is 0 Å². The van der Waals surface area contributed by atoms with E-state index in [2.05, 4.69) is 25.2 Å². The summed E-state index contributed by atoms with van der Waals surface area (Å²) >= 11 is 0. The van der Waals surface area contributed by atoms with E-state index in [1.54, 1.807) is 0 Å². The highest BCUT2D eigenvalue weighted by Gasteiger charge is 2.13. The van der Waals surface area contributed by atoms with Crippen molar-refractivity contribution in [3.8, 4) is 0 Å². The Kier molecular flexibility index (Phi) is 6.39. The molecule has 0 aromatic rings. The van der Waals surface area contributed by atoms with Crippen molar-refractivity contribution in [2.24, 2.45) is 0 Å². The Morgan fingerprint density at radius 3 is 2.88 bits per heavy atom. The van der Waals surface area contributed by atoms with Crippen molar-refractivity contribution in [2.45, 2.75) is 64.8 Å². The Bertz CT molecular complexity index is 245. The van der Waals surface area contributed by atoms with E-state index in [0.717, 1.165) is 25.0 Å². The van der Waals surface area contributed by atoms with Crippen molar-refractivity contribution in [3.63, 3.8) is 0 Å². The maximum atomic E-state index is 12.0. The minimum Gasteiger partial charge on any atom is -0.314 e. The van der Waals surface area contributed by atoms with Gasteiger partial charge >= 0.3 is 0 Å². The van der Waals surface area contributed by atoms with Gasteiger partial charge in [0.2, 0.25) is 0 Å². The molecular weight excluding hydrogens is 198 g/mol. The summed E-state index contributed by atoms with van der Waals surface area (Å²) in [7, 11) is 0. The maximum Gasteiger partial charge on any atom is 0.160 e. The average molecular weight is 223 g/mol. The van der Waals surface area contributed by atoms with E-state index in [-0.39, 0.29) is 0 Å². The Hall–Kier alpha value is -0.630. The molecule has 1 unspecified atom stereocenters. The van der Waals surface area contributed by atoms with Crippen LogP contribution in [0.25, 0.3) is 0 Å². The summed E-state index contributed by atoms with van der Waals surface area (Å²) in [5.41, 5.74) is 1.09. The van der Waals surface area contributed by atoms with Crippen LogP contribution in [0.4, 0.5) is 0 Å². The minimum absolute atomic E-state index is 0.309. The fourth-order valence-corrected chi connectivity index (χ4v) is 2.27. The first-order valence-electron chi connectivity index (χ1n) is 6.69. The summed E-state index contributed by atoms with van der Waals surface area (Å²) in [5.74, 6) is 0.357. The third-order valence-electron chi connectivity index (χ3n) is 3.19. The molecule has 92 valence electrons. The number of hydrogen-bond acceptors (Lipinski definition) is 2. The van der Waals surface area contributed by atoms with Gasteiger partial charge in [0.05, 0.1) is 0 Å². The third-order valence-corrected chi connectivity index (χ3v) is 3.19. The molecule has 16 heavy (non-hydrogen) atoms. The van der Waals surface area contributed by atoms with Crippen LogP contribution in [-0.4, -0.2) is 18.4 Å². The highest BCUT2D eigenvalue weighted by Crippen LogP contribution is 2.19. The van der Waals surface area contributed by atoms with Crippen LogP contribution in [0.5, 0.6) is 0 Å². The molecule has 2 heteroatoms. The summed E-state index contributed by atoms with van der Waals surface area (Å²) < 4.78 is 0. The van der Waals surface area contributed by atoms with Gasteiger partial charge in [-0.05, 0) is 44.7 Å². The lowest BCUT2D eigenvalue weighted by molar-refractivity contribution is -0.116. The Balaban J connectivity index is 2.44. The summed E-state index contributed by atoms with van der Waals surface area (Å²) in [6, 6.07) is 0.309. The number of carbonyl (C=O) groups excluding carboxylic acids is 1. The number of hydrogen-bond donors (Lipinski definition) is 1. The molecular formula is C14H25NO. The van der Waals surface area contributed by atoms with Crippen molar-refractivity contribution in [1.82, 2.24) is 5.32 Å². The van der Waals surface area contributed by atoms with Gasteiger partial charge in [-0.15, -0.1) is 0 Å². The molecule has 1 N–H and O–H groups in total. The molecule has 0 amide bonds. The van der Waals surface area contributed by atoms with Crippen molar-refractivity contribution < 1.29 is 4.79 Å². The zero-order chi connectivity index (χ0) is 11.8. The van der Waals surface area contributed by atoms with Gasteiger partial charge in [-0.2, -0.15) is 0 Å². The van der Waals surface area contributed by atoms with Crippen LogP contribution >= 0.6 is 0 Å². The van der Waals surface area contributed by atoms with Crippen molar-refractivity contribution in [2.75, 3.05) is 6.54 Å². The van der Waals surface area contributed by atoms with Gasteiger partial charge in [-0.1, -0.05) is 25.8 Å². The molecule has 0 bridgehead atoms. The minimum atomic E-state index is 0.309. The zero-order valence-corrected chi connectivity index (χ0v) is 10.7. The maximum absolute atomic E-state index is 12.0. The van der Waals surface area contributed by atoms with E-state index in [1.165, 1.54) is 25.7 Å². The van der Waals surface area contributed by atoms with Crippen LogP contribution in [-0.2, 0) is 4.79 Å². The Labute approximate surface area is 99.5 Å². The van der Waals surface area contributed by atoms with E-state index in [9.17, 15) is 4.79 Å². The summed E-state index contributed by atoms with van der Waals surface area (Å²) in [6.45, 7) is 5.11. The SMILES string of the molecule is CCNC(C)CC(=O)C1=CCCCCCC1. The number of ketones is 1. The fourth-order valence-electron chi connectivity index (χ4n) is 2.27. The molecule has 0 saturated carbocycles. The monoisotopic (exact) mass is 223 g/mol. The smallest absolute Gasteiger partial charge is 0.160 e. The molecule has 0 radical (unpaired) electrons. The van der Waals surface area contributed by atoms with Crippen LogP contribution < -0.4 is 5.32 Å². The molecule has 1 rings (SSSR count). The molecule has 2 nitrogen and oxygen atoms in total. The molecule has 0 fully saturated rings. The average Bonchev–Trinajstić information content (AvgIpc) is 2.16. The van der Waals surface area contributed by atoms with Crippen LogP contribution in [0.15, 0.2) is 11.6 Å². The van der Waals surface area contributed by atoms with Gasteiger partial charge < -0.3 is 5.32 Å². The van der Waals surface area contributed by atoms with Gasteiger partial charge in [-0.3, -0.25) is 4.79 Å². The number of rotatable bonds is 5. The lowest BCUT2D eigenvalue weighted by Crippen LogP contribution is -2.28. The lowest BCUT2D eigenvalue weighted by Gasteiger charge is -2.14. The highest BCUT2D eigenvalue weighted by molar-refractivity contribution is 5.95. The topological polar surface area (TPSA) is 29.1 Å². The second-order valence-electron chi connectivity index (χ2n) is 4.77. The van der Waals surface area contributed by atoms with Gasteiger partial charge in [0.15, 0.2) is 5.78 Å².